The molecule has 2 rings (SSSR count). The van der Waals surface area contributed by atoms with E-state index in [1.54, 1.807) is 0 Å². The van der Waals surface area contributed by atoms with Crippen molar-refractivity contribution in [1.82, 2.24) is 10.0 Å². The summed E-state index contributed by atoms with van der Waals surface area (Å²) in [4.78, 5) is 11.8. The summed E-state index contributed by atoms with van der Waals surface area (Å²) in [6, 6.07) is 0. The highest BCUT2D eigenvalue weighted by atomic mass is 79.9. The summed E-state index contributed by atoms with van der Waals surface area (Å²) < 4.78 is 5.26. The van der Waals surface area contributed by atoms with Crippen molar-refractivity contribution in [1.29, 1.82) is 0 Å². The minimum Gasteiger partial charge on any atom is -0.379 e. The summed E-state index contributed by atoms with van der Waals surface area (Å²) in [5.74, 6) is 0.207. The van der Waals surface area contributed by atoms with E-state index in [0.717, 1.165) is 45.7 Å². The highest BCUT2D eigenvalue weighted by molar-refractivity contribution is 9.10. The summed E-state index contributed by atoms with van der Waals surface area (Å²) >= 11 is 3.41. The SMILES string of the molecule is O=C1C(Br)CCCN1N1CCOCC1. The number of halogens is 1. The van der Waals surface area contributed by atoms with E-state index in [0.29, 0.717) is 0 Å². The zero-order chi connectivity index (χ0) is 9.97. The number of hydrogen-bond donors (Lipinski definition) is 0. The van der Waals surface area contributed by atoms with Crippen molar-refractivity contribution in [3.05, 3.63) is 0 Å². The first-order valence-electron chi connectivity index (χ1n) is 5.07. The van der Waals surface area contributed by atoms with Gasteiger partial charge in [-0.25, -0.2) is 5.01 Å². The minimum absolute atomic E-state index is 0.0131. The minimum atomic E-state index is 0.0131. The number of ether oxygens (including phenoxy) is 1. The Kier molecular flexibility index (Phi) is 3.41. The van der Waals surface area contributed by atoms with Crippen LogP contribution in [-0.2, 0) is 9.53 Å². The molecule has 0 aromatic rings. The zero-order valence-corrected chi connectivity index (χ0v) is 9.70. The number of rotatable bonds is 1. The van der Waals surface area contributed by atoms with E-state index in [9.17, 15) is 4.79 Å². The van der Waals surface area contributed by atoms with Crippen molar-refractivity contribution in [2.24, 2.45) is 0 Å². The van der Waals surface area contributed by atoms with Crippen LogP contribution in [0.5, 0.6) is 0 Å². The predicted molar refractivity (Wildman–Crippen MR) is 56.1 cm³/mol. The topological polar surface area (TPSA) is 32.8 Å². The van der Waals surface area contributed by atoms with Crippen molar-refractivity contribution in [2.75, 3.05) is 32.8 Å². The van der Waals surface area contributed by atoms with Gasteiger partial charge in [-0.3, -0.25) is 9.80 Å². The third-order valence-electron chi connectivity index (χ3n) is 2.68. The fourth-order valence-electron chi connectivity index (χ4n) is 1.89. The number of carbonyl (C=O) groups excluding carboxylic acids is 1. The van der Waals surface area contributed by atoms with Crippen LogP contribution in [0.2, 0.25) is 0 Å². The van der Waals surface area contributed by atoms with Gasteiger partial charge in [-0.05, 0) is 12.8 Å². The molecule has 1 atom stereocenters. The molecule has 0 saturated carbocycles. The molecule has 1 unspecified atom stereocenters. The molecule has 0 aliphatic carbocycles. The van der Waals surface area contributed by atoms with Gasteiger partial charge < -0.3 is 4.74 Å². The molecule has 14 heavy (non-hydrogen) atoms. The van der Waals surface area contributed by atoms with Crippen molar-refractivity contribution in [3.8, 4) is 0 Å². The van der Waals surface area contributed by atoms with E-state index in [1.807, 2.05) is 5.01 Å². The largest absolute Gasteiger partial charge is 0.379 e. The number of alkyl halides is 1. The molecule has 0 radical (unpaired) electrons. The molecule has 0 N–H and O–H groups in total. The number of hydrazine groups is 1. The molecular weight excluding hydrogens is 248 g/mol. The van der Waals surface area contributed by atoms with Gasteiger partial charge in [-0.1, -0.05) is 15.9 Å². The van der Waals surface area contributed by atoms with E-state index in [-0.39, 0.29) is 10.7 Å². The summed E-state index contributed by atoms with van der Waals surface area (Å²) in [5.41, 5.74) is 0. The number of morpholine rings is 1. The number of carbonyl (C=O) groups is 1. The van der Waals surface area contributed by atoms with Crippen LogP contribution < -0.4 is 0 Å². The van der Waals surface area contributed by atoms with Crippen LogP contribution in [0, 0.1) is 0 Å². The van der Waals surface area contributed by atoms with Crippen molar-refractivity contribution in [3.63, 3.8) is 0 Å². The molecule has 0 aromatic heterocycles. The standard InChI is InChI=1S/C9H15BrN2O2/c10-8-2-1-3-12(9(8)13)11-4-6-14-7-5-11/h8H,1-7H2. The number of piperidine rings is 1. The second-order valence-electron chi connectivity index (χ2n) is 3.64. The average Bonchev–Trinajstić information content (AvgIpc) is 2.23. The summed E-state index contributed by atoms with van der Waals surface area (Å²) in [6.45, 7) is 4.01. The Hall–Kier alpha value is -0.130. The van der Waals surface area contributed by atoms with Crippen molar-refractivity contribution >= 4 is 21.8 Å². The van der Waals surface area contributed by atoms with Crippen LogP contribution >= 0.6 is 15.9 Å². The quantitative estimate of drug-likeness (QED) is 0.650. The van der Waals surface area contributed by atoms with Gasteiger partial charge in [0.05, 0.1) is 18.0 Å². The monoisotopic (exact) mass is 262 g/mol. The first kappa shape index (κ1) is 10.4. The lowest BCUT2D eigenvalue weighted by molar-refractivity contribution is -0.159. The third-order valence-corrected chi connectivity index (χ3v) is 3.53. The highest BCUT2D eigenvalue weighted by Gasteiger charge is 2.31. The fourth-order valence-corrected chi connectivity index (χ4v) is 2.45. The first-order valence-corrected chi connectivity index (χ1v) is 5.98. The van der Waals surface area contributed by atoms with Gasteiger partial charge in [0.15, 0.2) is 0 Å². The van der Waals surface area contributed by atoms with E-state index in [4.69, 9.17) is 4.74 Å². The van der Waals surface area contributed by atoms with Crippen LogP contribution in [0.25, 0.3) is 0 Å². The molecular formula is C9H15BrN2O2. The van der Waals surface area contributed by atoms with Crippen molar-refractivity contribution in [2.45, 2.75) is 17.7 Å². The molecule has 2 saturated heterocycles. The van der Waals surface area contributed by atoms with E-state index >= 15 is 0 Å². The van der Waals surface area contributed by atoms with E-state index in [1.165, 1.54) is 0 Å². The highest BCUT2D eigenvalue weighted by Crippen LogP contribution is 2.20. The Morgan fingerprint density at radius 3 is 2.71 bits per heavy atom. The molecule has 2 aliphatic heterocycles. The fraction of sp³-hybridized carbons (Fsp3) is 0.889. The number of hydrogen-bond acceptors (Lipinski definition) is 3. The van der Waals surface area contributed by atoms with Gasteiger partial charge in [-0.15, -0.1) is 0 Å². The van der Waals surface area contributed by atoms with Gasteiger partial charge in [0.1, 0.15) is 0 Å². The van der Waals surface area contributed by atoms with E-state index < -0.39 is 0 Å². The summed E-state index contributed by atoms with van der Waals surface area (Å²) in [5, 5.41) is 3.99. The van der Waals surface area contributed by atoms with Gasteiger partial charge in [-0.2, -0.15) is 0 Å². The zero-order valence-electron chi connectivity index (χ0n) is 8.12. The molecule has 0 spiro atoms. The Morgan fingerprint density at radius 1 is 1.29 bits per heavy atom. The van der Waals surface area contributed by atoms with Gasteiger partial charge in [0.25, 0.3) is 5.91 Å². The maximum absolute atomic E-state index is 11.8. The van der Waals surface area contributed by atoms with Crippen LogP contribution in [0.15, 0.2) is 0 Å². The molecule has 5 heteroatoms. The van der Waals surface area contributed by atoms with Gasteiger partial charge in [0.2, 0.25) is 0 Å². The lowest BCUT2D eigenvalue weighted by Gasteiger charge is -2.40. The smallest absolute Gasteiger partial charge is 0.250 e. The maximum Gasteiger partial charge on any atom is 0.250 e. The Balaban J connectivity index is 1.97. The second kappa shape index (κ2) is 4.59. The molecule has 1 amide bonds. The lowest BCUT2D eigenvalue weighted by atomic mass is 10.1. The average molecular weight is 263 g/mol. The van der Waals surface area contributed by atoms with Gasteiger partial charge >= 0.3 is 0 Å². The van der Waals surface area contributed by atoms with Crippen molar-refractivity contribution < 1.29 is 9.53 Å². The normalized spacial score (nSPS) is 30.8. The Morgan fingerprint density at radius 2 is 2.00 bits per heavy atom. The Bertz CT molecular complexity index is 219. The van der Waals surface area contributed by atoms with Crippen LogP contribution in [0.1, 0.15) is 12.8 Å². The van der Waals surface area contributed by atoms with Gasteiger partial charge in [0, 0.05) is 19.6 Å². The second-order valence-corrected chi connectivity index (χ2v) is 4.74. The molecule has 2 aliphatic rings. The third kappa shape index (κ3) is 2.10. The molecule has 4 nitrogen and oxygen atoms in total. The molecule has 0 aromatic carbocycles. The summed E-state index contributed by atoms with van der Waals surface area (Å²) in [7, 11) is 0. The molecule has 0 bridgehead atoms. The van der Waals surface area contributed by atoms with E-state index in [2.05, 4.69) is 20.9 Å². The first-order chi connectivity index (χ1) is 6.79. The number of amides is 1. The Labute approximate surface area is 92.3 Å². The van der Waals surface area contributed by atoms with Crippen LogP contribution in [0.3, 0.4) is 0 Å². The lowest BCUT2D eigenvalue weighted by Crippen LogP contribution is -2.55. The maximum atomic E-state index is 11.8. The van der Waals surface area contributed by atoms with Crippen LogP contribution in [-0.4, -0.2) is 53.6 Å². The molecule has 2 fully saturated rings. The predicted octanol–water partition coefficient (Wildman–Crippen LogP) is 0.619. The summed E-state index contributed by atoms with van der Waals surface area (Å²) in [6.07, 6.45) is 2.04. The molecule has 80 valence electrons. The number of nitrogens with zero attached hydrogens (tertiary/aromatic N) is 2. The molecule has 2 heterocycles. The van der Waals surface area contributed by atoms with Crippen LogP contribution in [0.4, 0.5) is 0 Å².